The second kappa shape index (κ2) is 9.26. The Kier molecular flexibility index (Phi) is 6.02. The van der Waals surface area contributed by atoms with Crippen molar-refractivity contribution in [3.63, 3.8) is 0 Å². The van der Waals surface area contributed by atoms with Crippen LogP contribution in [0.15, 0.2) is 91.0 Å². The monoisotopic (exact) mass is 450 g/mol. The van der Waals surface area contributed by atoms with Gasteiger partial charge in [-0.15, -0.1) is 0 Å². The first-order valence-electron chi connectivity index (χ1n) is 12.1. The Labute approximate surface area is 201 Å². The van der Waals surface area contributed by atoms with Crippen LogP contribution >= 0.6 is 0 Å². The Morgan fingerprint density at radius 1 is 0.529 bits per heavy atom. The van der Waals surface area contributed by atoms with Crippen LogP contribution in [0.4, 0.5) is 0 Å². The molecule has 0 aliphatic heterocycles. The number of rotatable bonds is 8. The van der Waals surface area contributed by atoms with Gasteiger partial charge in [-0.2, -0.15) is 0 Å². The zero-order valence-electron chi connectivity index (χ0n) is 20.0. The SMILES string of the molecule is CCOc1ccc2c(c1)-c1cc(OCC)ccc1C2(c1ccccc1)c1ccccc1OCC. The summed E-state index contributed by atoms with van der Waals surface area (Å²) in [5, 5.41) is 0. The number of para-hydroxylation sites is 1. The zero-order chi connectivity index (χ0) is 23.5. The Balaban J connectivity index is 1.90. The van der Waals surface area contributed by atoms with E-state index in [-0.39, 0.29) is 0 Å². The Morgan fingerprint density at radius 2 is 1.06 bits per heavy atom. The summed E-state index contributed by atoms with van der Waals surface area (Å²) in [7, 11) is 0. The van der Waals surface area contributed by atoms with E-state index in [1.54, 1.807) is 0 Å². The standard InChI is InChI=1S/C31H30O3/c1-4-32-23-16-18-27-25(20-23)26-21-24(33-5-2)17-19-28(26)31(27,22-12-8-7-9-13-22)29-14-10-11-15-30(29)34-6-3/h7-21H,4-6H2,1-3H3. The number of hydrogen-bond acceptors (Lipinski definition) is 3. The van der Waals surface area contributed by atoms with Gasteiger partial charge in [0.05, 0.1) is 25.2 Å². The average molecular weight is 451 g/mol. The van der Waals surface area contributed by atoms with Crippen molar-refractivity contribution in [1.29, 1.82) is 0 Å². The van der Waals surface area contributed by atoms with Crippen LogP contribution in [0.2, 0.25) is 0 Å². The summed E-state index contributed by atoms with van der Waals surface area (Å²) >= 11 is 0. The smallest absolute Gasteiger partial charge is 0.124 e. The fourth-order valence-corrected chi connectivity index (χ4v) is 5.31. The van der Waals surface area contributed by atoms with Gasteiger partial charge in [-0.25, -0.2) is 0 Å². The van der Waals surface area contributed by atoms with Gasteiger partial charge in [0.15, 0.2) is 0 Å². The fourth-order valence-electron chi connectivity index (χ4n) is 5.31. The summed E-state index contributed by atoms with van der Waals surface area (Å²) in [5.74, 6) is 2.64. The van der Waals surface area contributed by atoms with Crippen LogP contribution in [-0.2, 0) is 5.41 Å². The highest BCUT2D eigenvalue weighted by molar-refractivity contribution is 5.88. The molecule has 0 saturated carbocycles. The van der Waals surface area contributed by atoms with Gasteiger partial charge in [0.2, 0.25) is 0 Å². The van der Waals surface area contributed by atoms with Crippen molar-refractivity contribution >= 4 is 0 Å². The summed E-state index contributed by atoms with van der Waals surface area (Å²) in [4.78, 5) is 0. The predicted octanol–water partition coefficient (Wildman–Crippen LogP) is 7.25. The highest BCUT2D eigenvalue weighted by Crippen LogP contribution is 2.58. The average Bonchev–Trinajstić information content (AvgIpc) is 3.15. The van der Waals surface area contributed by atoms with E-state index in [1.165, 1.54) is 16.7 Å². The maximum Gasteiger partial charge on any atom is 0.124 e. The van der Waals surface area contributed by atoms with Gasteiger partial charge >= 0.3 is 0 Å². The molecule has 0 heterocycles. The Hall–Kier alpha value is -3.72. The summed E-state index contributed by atoms with van der Waals surface area (Å²) < 4.78 is 18.0. The zero-order valence-corrected chi connectivity index (χ0v) is 20.0. The van der Waals surface area contributed by atoms with E-state index in [0.29, 0.717) is 19.8 Å². The third-order valence-corrected chi connectivity index (χ3v) is 6.50. The third kappa shape index (κ3) is 3.43. The van der Waals surface area contributed by atoms with E-state index in [2.05, 4.69) is 84.9 Å². The van der Waals surface area contributed by atoms with Crippen LogP contribution < -0.4 is 14.2 Å². The maximum absolute atomic E-state index is 6.20. The van der Waals surface area contributed by atoms with Gasteiger partial charge < -0.3 is 14.2 Å². The molecule has 4 aromatic carbocycles. The molecule has 1 aliphatic carbocycles. The van der Waals surface area contributed by atoms with Gasteiger partial charge in [-0.1, -0.05) is 60.7 Å². The lowest BCUT2D eigenvalue weighted by Crippen LogP contribution is -2.29. The molecule has 3 nitrogen and oxygen atoms in total. The van der Waals surface area contributed by atoms with E-state index in [0.717, 1.165) is 33.9 Å². The first-order valence-corrected chi connectivity index (χ1v) is 12.1. The lowest BCUT2D eigenvalue weighted by Gasteiger charge is -2.35. The predicted molar refractivity (Wildman–Crippen MR) is 137 cm³/mol. The van der Waals surface area contributed by atoms with Crippen LogP contribution in [0.1, 0.15) is 43.0 Å². The molecule has 3 heteroatoms. The van der Waals surface area contributed by atoms with E-state index in [1.807, 2.05) is 26.8 Å². The van der Waals surface area contributed by atoms with Crippen molar-refractivity contribution in [3.8, 4) is 28.4 Å². The quantitative estimate of drug-likeness (QED) is 0.249. The topological polar surface area (TPSA) is 27.7 Å². The molecular weight excluding hydrogens is 420 g/mol. The van der Waals surface area contributed by atoms with E-state index in [9.17, 15) is 0 Å². The number of fused-ring (bicyclic) bond motifs is 3. The molecule has 0 radical (unpaired) electrons. The van der Waals surface area contributed by atoms with Gasteiger partial charge in [0, 0.05) is 5.56 Å². The van der Waals surface area contributed by atoms with Crippen molar-refractivity contribution in [2.24, 2.45) is 0 Å². The molecule has 0 N–H and O–H groups in total. The second-order valence-electron chi connectivity index (χ2n) is 8.33. The minimum Gasteiger partial charge on any atom is -0.494 e. The summed E-state index contributed by atoms with van der Waals surface area (Å²) in [6, 6.07) is 32.1. The molecule has 34 heavy (non-hydrogen) atoms. The molecule has 0 spiro atoms. The molecule has 0 bridgehead atoms. The summed E-state index contributed by atoms with van der Waals surface area (Å²) in [5.41, 5.74) is 6.59. The van der Waals surface area contributed by atoms with Crippen LogP contribution in [0.3, 0.4) is 0 Å². The minimum atomic E-state index is -0.521. The highest BCUT2D eigenvalue weighted by atomic mass is 16.5. The Bertz CT molecular complexity index is 1240. The molecule has 4 aromatic rings. The molecule has 1 aliphatic rings. The minimum absolute atomic E-state index is 0.521. The maximum atomic E-state index is 6.20. The van der Waals surface area contributed by atoms with Crippen LogP contribution in [0.25, 0.3) is 11.1 Å². The molecular formula is C31H30O3. The number of benzene rings is 4. The van der Waals surface area contributed by atoms with Crippen LogP contribution in [0, 0.1) is 0 Å². The molecule has 0 unspecified atom stereocenters. The van der Waals surface area contributed by atoms with E-state index < -0.39 is 5.41 Å². The number of ether oxygens (including phenoxy) is 3. The molecule has 0 saturated heterocycles. The lowest BCUT2D eigenvalue weighted by molar-refractivity contribution is 0.333. The lowest BCUT2D eigenvalue weighted by atomic mass is 9.67. The van der Waals surface area contributed by atoms with Gasteiger partial charge in [0.25, 0.3) is 0 Å². The normalized spacial score (nSPS) is 13.1. The largest absolute Gasteiger partial charge is 0.494 e. The number of hydrogen-bond donors (Lipinski definition) is 0. The van der Waals surface area contributed by atoms with Crippen molar-refractivity contribution in [2.45, 2.75) is 26.2 Å². The first-order chi connectivity index (χ1) is 16.7. The molecule has 0 atom stereocenters. The van der Waals surface area contributed by atoms with Crippen LogP contribution in [-0.4, -0.2) is 19.8 Å². The summed E-state index contributed by atoms with van der Waals surface area (Å²) in [6.07, 6.45) is 0. The molecule has 0 fully saturated rings. The van der Waals surface area contributed by atoms with E-state index >= 15 is 0 Å². The summed E-state index contributed by atoms with van der Waals surface area (Å²) in [6.45, 7) is 7.92. The van der Waals surface area contributed by atoms with Crippen molar-refractivity contribution < 1.29 is 14.2 Å². The molecule has 172 valence electrons. The van der Waals surface area contributed by atoms with Gasteiger partial charge in [-0.05, 0) is 78.9 Å². The highest BCUT2D eigenvalue weighted by Gasteiger charge is 2.47. The van der Waals surface area contributed by atoms with Crippen molar-refractivity contribution in [3.05, 3.63) is 113 Å². The van der Waals surface area contributed by atoms with Crippen LogP contribution in [0.5, 0.6) is 17.2 Å². The molecule has 5 rings (SSSR count). The Morgan fingerprint density at radius 3 is 1.62 bits per heavy atom. The molecule has 0 amide bonds. The van der Waals surface area contributed by atoms with E-state index in [4.69, 9.17) is 14.2 Å². The third-order valence-electron chi connectivity index (χ3n) is 6.50. The van der Waals surface area contributed by atoms with Gasteiger partial charge in [-0.3, -0.25) is 0 Å². The fraction of sp³-hybridized carbons (Fsp3) is 0.226. The van der Waals surface area contributed by atoms with Crippen molar-refractivity contribution in [2.75, 3.05) is 19.8 Å². The van der Waals surface area contributed by atoms with Gasteiger partial charge in [0.1, 0.15) is 17.2 Å². The molecule has 0 aromatic heterocycles. The van der Waals surface area contributed by atoms with Crippen molar-refractivity contribution in [1.82, 2.24) is 0 Å². The second-order valence-corrected chi connectivity index (χ2v) is 8.33. The first kappa shape index (κ1) is 22.1.